The summed E-state index contributed by atoms with van der Waals surface area (Å²) >= 11 is 0. The Labute approximate surface area is 144 Å². The van der Waals surface area contributed by atoms with Crippen LogP contribution < -0.4 is 11.1 Å². The fourth-order valence-corrected chi connectivity index (χ4v) is 3.93. The van der Waals surface area contributed by atoms with Crippen molar-refractivity contribution in [2.45, 2.75) is 38.0 Å². The third kappa shape index (κ3) is 2.73. The van der Waals surface area contributed by atoms with Gasteiger partial charge in [-0.15, -0.1) is 0 Å². The third-order valence-corrected chi connectivity index (χ3v) is 5.07. The Morgan fingerprint density at radius 3 is 2.08 bits per heavy atom. The molecule has 0 aromatic heterocycles. The first-order valence-corrected chi connectivity index (χ1v) is 8.92. The topological polar surface area (TPSA) is 55.1 Å². The monoisotopic (exact) mass is 322 g/mol. The minimum Gasteiger partial charge on any atom is -0.369 e. The molecule has 3 N–H and O–H groups in total. The molecule has 0 unspecified atom stereocenters. The van der Waals surface area contributed by atoms with Gasteiger partial charge in [0, 0.05) is 0 Å². The third-order valence-electron chi connectivity index (χ3n) is 5.07. The maximum absolute atomic E-state index is 12.6. The van der Waals surface area contributed by atoms with Crippen LogP contribution in [0.15, 0.2) is 48.5 Å². The number of fused-ring (bicyclic) bond motifs is 3. The molecule has 2 aromatic carbocycles. The predicted molar refractivity (Wildman–Crippen MR) is 98.9 cm³/mol. The van der Waals surface area contributed by atoms with E-state index in [1.807, 2.05) is 24.3 Å². The Kier molecular flexibility index (Phi) is 5.00. The van der Waals surface area contributed by atoms with Crippen LogP contribution in [0, 0.1) is 0 Å². The van der Waals surface area contributed by atoms with Crippen molar-refractivity contribution in [2.75, 3.05) is 13.1 Å². The summed E-state index contributed by atoms with van der Waals surface area (Å²) in [5.74, 6) is -0.235. The summed E-state index contributed by atoms with van der Waals surface area (Å²) in [6, 6.07) is 16.4. The van der Waals surface area contributed by atoms with Gasteiger partial charge in [-0.25, -0.2) is 0 Å². The zero-order chi connectivity index (χ0) is 17.0. The molecule has 1 amide bonds. The lowest BCUT2D eigenvalue weighted by molar-refractivity contribution is -0.122. The van der Waals surface area contributed by atoms with E-state index in [4.69, 9.17) is 5.73 Å². The summed E-state index contributed by atoms with van der Waals surface area (Å²) in [6.45, 7) is 4.21. The molecule has 0 fully saturated rings. The molecule has 0 saturated heterocycles. The Morgan fingerprint density at radius 2 is 1.54 bits per heavy atom. The molecule has 0 spiro atoms. The number of nitrogens with one attached hydrogen (secondary N) is 1. The molecule has 2 aromatic rings. The van der Waals surface area contributed by atoms with Gasteiger partial charge in [0.25, 0.3) is 0 Å². The van der Waals surface area contributed by atoms with Crippen LogP contribution in [0.3, 0.4) is 0 Å². The van der Waals surface area contributed by atoms with Gasteiger partial charge in [-0.3, -0.25) is 4.79 Å². The van der Waals surface area contributed by atoms with Gasteiger partial charge in [-0.1, -0.05) is 61.9 Å². The molecule has 0 heterocycles. The van der Waals surface area contributed by atoms with Crippen LogP contribution in [-0.2, 0) is 10.2 Å². The van der Waals surface area contributed by atoms with Crippen molar-refractivity contribution in [3.63, 3.8) is 0 Å². The number of hydrogen-bond donors (Lipinski definition) is 2. The largest absolute Gasteiger partial charge is 0.369 e. The first-order chi connectivity index (χ1) is 11.7. The van der Waals surface area contributed by atoms with Crippen molar-refractivity contribution in [3.8, 4) is 11.1 Å². The fourth-order valence-electron chi connectivity index (χ4n) is 3.93. The van der Waals surface area contributed by atoms with Crippen LogP contribution in [0.4, 0.5) is 0 Å². The number of carbonyl (C=O) groups is 1. The summed E-state index contributed by atoms with van der Waals surface area (Å²) in [5.41, 5.74) is 9.73. The molecule has 3 heteroatoms. The van der Waals surface area contributed by atoms with E-state index in [-0.39, 0.29) is 5.91 Å². The SMILES string of the molecule is CCCNCCCCC1(C(N)=O)c2ccccc2-c2ccccc21. The summed E-state index contributed by atoms with van der Waals surface area (Å²) in [4.78, 5) is 12.6. The molecule has 24 heavy (non-hydrogen) atoms. The van der Waals surface area contributed by atoms with Crippen molar-refractivity contribution < 1.29 is 4.79 Å². The van der Waals surface area contributed by atoms with Crippen molar-refractivity contribution in [3.05, 3.63) is 59.7 Å². The van der Waals surface area contributed by atoms with Crippen LogP contribution in [-0.4, -0.2) is 19.0 Å². The number of carbonyl (C=O) groups excluding carboxylic acids is 1. The zero-order valence-corrected chi connectivity index (χ0v) is 14.3. The van der Waals surface area contributed by atoms with E-state index >= 15 is 0 Å². The number of amides is 1. The Balaban J connectivity index is 1.90. The van der Waals surface area contributed by atoms with Gasteiger partial charge >= 0.3 is 0 Å². The molecule has 126 valence electrons. The van der Waals surface area contributed by atoms with E-state index < -0.39 is 5.41 Å². The van der Waals surface area contributed by atoms with Gasteiger partial charge in [-0.05, 0) is 54.6 Å². The van der Waals surface area contributed by atoms with Gasteiger partial charge in [0.1, 0.15) is 0 Å². The lowest BCUT2D eigenvalue weighted by Gasteiger charge is -2.28. The Bertz CT molecular complexity index is 678. The van der Waals surface area contributed by atoms with Gasteiger partial charge in [-0.2, -0.15) is 0 Å². The Hall–Kier alpha value is -2.13. The summed E-state index contributed by atoms with van der Waals surface area (Å²) in [5, 5.41) is 3.42. The average Bonchev–Trinajstić information content (AvgIpc) is 2.90. The molecule has 0 radical (unpaired) electrons. The van der Waals surface area contributed by atoms with Gasteiger partial charge in [0.05, 0.1) is 5.41 Å². The molecule has 1 aliphatic rings. The van der Waals surface area contributed by atoms with E-state index in [2.05, 4.69) is 36.5 Å². The number of hydrogen-bond acceptors (Lipinski definition) is 2. The van der Waals surface area contributed by atoms with E-state index in [0.29, 0.717) is 0 Å². The molecular formula is C21H26N2O. The van der Waals surface area contributed by atoms with Gasteiger partial charge in [0.2, 0.25) is 5.91 Å². The maximum atomic E-state index is 12.6. The van der Waals surface area contributed by atoms with E-state index in [1.54, 1.807) is 0 Å². The van der Waals surface area contributed by atoms with Crippen molar-refractivity contribution in [1.82, 2.24) is 5.32 Å². The number of unbranched alkanes of at least 4 members (excludes halogenated alkanes) is 1. The van der Waals surface area contributed by atoms with Crippen LogP contribution in [0.2, 0.25) is 0 Å². The second kappa shape index (κ2) is 7.18. The molecular weight excluding hydrogens is 296 g/mol. The number of primary amides is 1. The van der Waals surface area contributed by atoms with E-state index in [9.17, 15) is 4.79 Å². The summed E-state index contributed by atoms with van der Waals surface area (Å²) in [7, 11) is 0. The van der Waals surface area contributed by atoms with Crippen molar-refractivity contribution >= 4 is 5.91 Å². The van der Waals surface area contributed by atoms with Crippen LogP contribution in [0.25, 0.3) is 11.1 Å². The lowest BCUT2D eigenvalue weighted by atomic mass is 9.73. The minimum atomic E-state index is -0.683. The predicted octanol–water partition coefficient (Wildman–Crippen LogP) is 3.61. The minimum absolute atomic E-state index is 0.235. The van der Waals surface area contributed by atoms with Crippen LogP contribution >= 0.6 is 0 Å². The number of benzene rings is 2. The fraction of sp³-hybridized carbons (Fsp3) is 0.381. The second-order valence-corrected chi connectivity index (χ2v) is 6.57. The van der Waals surface area contributed by atoms with Gasteiger partial charge in [0.15, 0.2) is 0 Å². The number of rotatable bonds is 8. The van der Waals surface area contributed by atoms with Crippen molar-refractivity contribution in [2.24, 2.45) is 5.73 Å². The highest BCUT2D eigenvalue weighted by atomic mass is 16.1. The standard InChI is InChI=1S/C21H26N2O/c1-2-14-23-15-8-7-13-21(20(22)24)18-11-5-3-9-16(18)17-10-4-6-12-19(17)21/h3-6,9-12,23H,2,7-8,13-15H2,1H3,(H2,22,24). The molecule has 1 aliphatic carbocycles. The van der Waals surface area contributed by atoms with Gasteiger partial charge < -0.3 is 11.1 Å². The maximum Gasteiger partial charge on any atom is 0.232 e. The summed E-state index contributed by atoms with van der Waals surface area (Å²) < 4.78 is 0. The normalized spacial score (nSPS) is 14.2. The Morgan fingerprint density at radius 1 is 0.958 bits per heavy atom. The first-order valence-electron chi connectivity index (χ1n) is 8.92. The summed E-state index contributed by atoms with van der Waals surface area (Å²) in [6.07, 6.45) is 3.94. The quantitative estimate of drug-likeness (QED) is 0.730. The smallest absolute Gasteiger partial charge is 0.232 e. The lowest BCUT2D eigenvalue weighted by Crippen LogP contribution is -2.40. The molecule has 0 aliphatic heterocycles. The zero-order valence-electron chi connectivity index (χ0n) is 14.3. The van der Waals surface area contributed by atoms with Crippen LogP contribution in [0.1, 0.15) is 43.7 Å². The second-order valence-electron chi connectivity index (χ2n) is 6.57. The van der Waals surface area contributed by atoms with E-state index in [1.165, 1.54) is 0 Å². The average molecular weight is 322 g/mol. The molecule has 3 rings (SSSR count). The first kappa shape index (κ1) is 16.7. The number of nitrogens with two attached hydrogens (primary N) is 1. The van der Waals surface area contributed by atoms with Crippen LogP contribution in [0.5, 0.6) is 0 Å². The molecule has 0 bridgehead atoms. The highest BCUT2D eigenvalue weighted by Crippen LogP contribution is 2.51. The molecule has 0 saturated carbocycles. The highest BCUT2D eigenvalue weighted by molar-refractivity contribution is 5.99. The molecule has 3 nitrogen and oxygen atoms in total. The molecule has 0 atom stereocenters. The van der Waals surface area contributed by atoms with Crippen molar-refractivity contribution in [1.29, 1.82) is 0 Å². The van der Waals surface area contributed by atoms with E-state index in [0.717, 1.165) is 61.0 Å². The highest BCUT2D eigenvalue weighted by Gasteiger charge is 2.47.